The first-order valence-electron chi connectivity index (χ1n) is 12.8. The van der Waals surface area contributed by atoms with Gasteiger partial charge in [0.05, 0.1) is 5.56 Å². The molecule has 1 atom stereocenters. The van der Waals surface area contributed by atoms with Crippen molar-refractivity contribution in [3.63, 3.8) is 0 Å². The highest BCUT2D eigenvalue weighted by atomic mass is 16.4. The molecule has 1 aliphatic carbocycles. The van der Waals surface area contributed by atoms with Crippen molar-refractivity contribution in [2.75, 3.05) is 0 Å². The Morgan fingerprint density at radius 2 is 1.67 bits per heavy atom. The molecule has 0 bridgehead atoms. The summed E-state index contributed by atoms with van der Waals surface area (Å²) < 4.78 is 0. The summed E-state index contributed by atoms with van der Waals surface area (Å²) in [6.07, 6.45) is 12.5. The number of allylic oxidation sites excluding steroid dienone is 1. The summed E-state index contributed by atoms with van der Waals surface area (Å²) in [7, 11) is 0. The van der Waals surface area contributed by atoms with Crippen LogP contribution >= 0.6 is 0 Å². The van der Waals surface area contributed by atoms with E-state index < -0.39 is 5.97 Å². The number of rotatable bonds is 9. The van der Waals surface area contributed by atoms with Gasteiger partial charge in [-0.25, -0.2) is 4.79 Å². The van der Waals surface area contributed by atoms with Gasteiger partial charge in [0.25, 0.3) is 0 Å². The van der Waals surface area contributed by atoms with Crippen LogP contribution in [0.2, 0.25) is 0 Å². The van der Waals surface area contributed by atoms with E-state index in [4.69, 9.17) is 0 Å². The molecule has 0 amide bonds. The van der Waals surface area contributed by atoms with Crippen molar-refractivity contribution in [1.82, 2.24) is 0 Å². The number of unbranched alkanes of at least 4 members (excludes halogenated alkanes) is 2. The van der Waals surface area contributed by atoms with Gasteiger partial charge >= 0.3 is 5.97 Å². The first-order valence-corrected chi connectivity index (χ1v) is 12.8. The highest BCUT2D eigenvalue weighted by Gasteiger charge is 2.37. The van der Waals surface area contributed by atoms with Crippen molar-refractivity contribution in [2.24, 2.45) is 0 Å². The van der Waals surface area contributed by atoms with Crippen molar-refractivity contribution in [2.45, 2.75) is 103 Å². The van der Waals surface area contributed by atoms with Gasteiger partial charge in [0.1, 0.15) is 0 Å². The maximum atomic E-state index is 11.5. The predicted molar refractivity (Wildman–Crippen MR) is 140 cm³/mol. The van der Waals surface area contributed by atoms with Crippen molar-refractivity contribution < 1.29 is 9.90 Å². The molecule has 0 aromatic heterocycles. The lowest BCUT2D eigenvalue weighted by molar-refractivity contribution is 0.0695. The van der Waals surface area contributed by atoms with Crippen LogP contribution in [0.3, 0.4) is 0 Å². The molecule has 2 nitrogen and oxygen atoms in total. The van der Waals surface area contributed by atoms with E-state index in [9.17, 15) is 9.90 Å². The van der Waals surface area contributed by atoms with Crippen LogP contribution in [0.5, 0.6) is 0 Å². The molecule has 2 aromatic carbocycles. The zero-order valence-corrected chi connectivity index (χ0v) is 21.5. The lowest BCUT2D eigenvalue weighted by Gasteiger charge is -2.42. The van der Waals surface area contributed by atoms with Crippen LogP contribution in [0.25, 0.3) is 6.08 Å². The molecule has 0 spiro atoms. The molecule has 33 heavy (non-hydrogen) atoms. The molecular formula is C31H42O2. The predicted octanol–water partition coefficient (Wildman–Crippen LogP) is 8.67. The molecule has 0 fully saturated rings. The number of carbonyl (C=O) groups is 1. The third kappa shape index (κ3) is 5.78. The Kier molecular flexibility index (Phi) is 7.88. The van der Waals surface area contributed by atoms with Gasteiger partial charge < -0.3 is 5.11 Å². The Morgan fingerprint density at radius 3 is 2.30 bits per heavy atom. The summed E-state index contributed by atoms with van der Waals surface area (Å²) >= 11 is 0. The molecule has 3 rings (SSSR count). The molecule has 1 N–H and O–H groups in total. The van der Waals surface area contributed by atoms with E-state index in [-0.39, 0.29) is 10.8 Å². The molecule has 0 saturated heterocycles. The second kappa shape index (κ2) is 10.3. The van der Waals surface area contributed by atoms with E-state index in [2.05, 4.69) is 65.0 Å². The Balaban J connectivity index is 1.96. The third-order valence-electron chi connectivity index (χ3n) is 7.69. The van der Waals surface area contributed by atoms with Crippen molar-refractivity contribution in [3.05, 3.63) is 75.9 Å². The second-order valence-corrected chi connectivity index (χ2v) is 11.1. The van der Waals surface area contributed by atoms with E-state index in [1.165, 1.54) is 48.8 Å². The number of carboxylic acid groups (broad SMARTS) is 1. The fraction of sp³-hybridized carbons (Fsp3) is 0.516. The van der Waals surface area contributed by atoms with Gasteiger partial charge in [-0.3, -0.25) is 0 Å². The van der Waals surface area contributed by atoms with Crippen LogP contribution in [0.1, 0.15) is 124 Å². The van der Waals surface area contributed by atoms with Gasteiger partial charge in [0.2, 0.25) is 0 Å². The highest BCUT2D eigenvalue weighted by Crippen LogP contribution is 2.46. The Morgan fingerprint density at radius 1 is 0.970 bits per heavy atom. The quantitative estimate of drug-likeness (QED) is 0.391. The van der Waals surface area contributed by atoms with Crippen LogP contribution < -0.4 is 0 Å². The van der Waals surface area contributed by atoms with Crippen LogP contribution in [-0.4, -0.2) is 11.1 Å². The lowest BCUT2D eigenvalue weighted by Crippen LogP contribution is -2.34. The highest BCUT2D eigenvalue weighted by molar-refractivity contribution is 5.89. The van der Waals surface area contributed by atoms with Crippen LogP contribution in [0.4, 0.5) is 0 Å². The van der Waals surface area contributed by atoms with Gasteiger partial charge in [0.15, 0.2) is 0 Å². The maximum Gasteiger partial charge on any atom is 0.335 e. The smallest absolute Gasteiger partial charge is 0.335 e. The molecule has 0 saturated carbocycles. The van der Waals surface area contributed by atoms with Crippen LogP contribution in [-0.2, 0) is 17.3 Å². The standard InChI is InChI=1S/C31H42O2/c1-7-9-10-11-24(14-12-22-13-16-26(29(32)33)23(8-2)20-22)25-15-17-27-28(21-25)31(5,6)19-18-30(27,3)4/h12-17,20-21,24H,7-11,18-19H2,1-6H3,(H,32,33). The summed E-state index contributed by atoms with van der Waals surface area (Å²) in [5.41, 5.74) is 7.26. The number of aryl methyl sites for hydroxylation is 1. The third-order valence-corrected chi connectivity index (χ3v) is 7.69. The summed E-state index contributed by atoms with van der Waals surface area (Å²) in [5.74, 6) is -0.480. The molecular weight excluding hydrogens is 404 g/mol. The number of hydrogen-bond donors (Lipinski definition) is 1. The summed E-state index contributed by atoms with van der Waals surface area (Å²) in [6, 6.07) is 12.9. The summed E-state index contributed by atoms with van der Waals surface area (Å²) in [4.78, 5) is 11.5. The Labute approximate surface area is 201 Å². The van der Waals surface area contributed by atoms with E-state index in [1.807, 2.05) is 19.1 Å². The first-order chi connectivity index (χ1) is 15.6. The average molecular weight is 447 g/mol. The molecule has 0 heterocycles. The molecule has 1 aliphatic rings. The molecule has 178 valence electrons. The normalized spacial score (nSPS) is 17.6. The number of aromatic carboxylic acids is 1. The Hall–Kier alpha value is -2.35. The summed E-state index contributed by atoms with van der Waals surface area (Å²) in [6.45, 7) is 13.8. The number of fused-ring (bicyclic) bond motifs is 1. The van der Waals surface area contributed by atoms with E-state index in [1.54, 1.807) is 6.07 Å². The molecule has 0 radical (unpaired) electrons. The number of hydrogen-bond acceptors (Lipinski definition) is 1. The first kappa shape index (κ1) is 25.3. The maximum absolute atomic E-state index is 11.5. The van der Waals surface area contributed by atoms with Gasteiger partial charge in [-0.05, 0) is 70.4 Å². The van der Waals surface area contributed by atoms with Gasteiger partial charge in [-0.2, -0.15) is 0 Å². The summed E-state index contributed by atoms with van der Waals surface area (Å²) in [5, 5.41) is 9.43. The zero-order valence-electron chi connectivity index (χ0n) is 21.5. The van der Waals surface area contributed by atoms with Crippen molar-refractivity contribution in [1.29, 1.82) is 0 Å². The second-order valence-electron chi connectivity index (χ2n) is 11.1. The molecule has 2 heteroatoms. The number of carboxylic acids is 1. The minimum absolute atomic E-state index is 0.210. The monoisotopic (exact) mass is 446 g/mol. The fourth-order valence-corrected chi connectivity index (χ4v) is 5.27. The van der Waals surface area contributed by atoms with Crippen LogP contribution in [0.15, 0.2) is 42.5 Å². The topological polar surface area (TPSA) is 37.3 Å². The van der Waals surface area contributed by atoms with Gasteiger partial charge in [-0.15, -0.1) is 0 Å². The largest absolute Gasteiger partial charge is 0.478 e. The number of benzene rings is 2. The zero-order chi connectivity index (χ0) is 24.2. The van der Waals surface area contributed by atoms with E-state index in [0.29, 0.717) is 11.5 Å². The average Bonchev–Trinajstić information content (AvgIpc) is 2.78. The van der Waals surface area contributed by atoms with E-state index >= 15 is 0 Å². The van der Waals surface area contributed by atoms with Crippen molar-refractivity contribution in [3.8, 4) is 0 Å². The minimum Gasteiger partial charge on any atom is -0.478 e. The Bertz CT molecular complexity index is 1010. The lowest BCUT2D eigenvalue weighted by atomic mass is 9.62. The van der Waals surface area contributed by atoms with E-state index in [0.717, 1.165) is 24.0 Å². The minimum atomic E-state index is -0.848. The van der Waals surface area contributed by atoms with Crippen LogP contribution in [0, 0.1) is 0 Å². The SMILES string of the molecule is CCCCCC(C=Cc1ccc(C(=O)O)c(CC)c1)c1ccc2c(c1)C(C)(C)CCC2(C)C. The van der Waals surface area contributed by atoms with Gasteiger partial charge in [-0.1, -0.05) is 103 Å². The van der Waals surface area contributed by atoms with Crippen molar-refractivity contribution >= 4 is 12.0 Å². The van der Waals surface area contributed by atoms with Gasteiger partial charge in [0, 0.05) is 5.92 Å². The molecule has 0 aliphatic heterocycles. The molecule has 2 aromatic rings. The molecule has 1 unspecified atom stereocenters. The fourth-order valence-electron chi connectivity index (χ4n) is 5.27.